The zero-order chi connectivity index (χ0) is 18.4. The van der Waals surface area contributed by atoms with Gasteiger partial charge in [-0.1, -0.05) is 44.2 Å². The van der Waals surface area contributed by atoms with Crippen LogP contribution in [0.4, 0.5) is 11.4 Å². The van der Waals surface area contributed by atoms with Crippen LogP contribution in [0.2, 0.25) is 0 Å². The molecule has 1 N–H and O–H groups in total. The lowest BCUT2D eigenvalue weighted by atomic mass is 10.0. The lowest BCUT2D eigenvalue weighted by Gasteiger charge is -2.15. The summed E-state index contributed by atoms with van der Waals surface area (Å²) in [6.07, 6.45) is 0. The average molecular weight is 358 g/mol. The molecule has 0 fully saturated rings. The molecule has 5 nitrogen and oxygen atoms in total. The van der Waals surface area contributed by atoms with Gasteiger partial charge in [0.05, 0.1) is 10.7 Å². The third-order valence-corrected chi connectivity index (χ3v) is 5.07. The van der Waals surface area contributed by atoms with E-state index in [1.807, 2.05) is 37.3 Å². The number of thioether (sulfide) groups is 1. The Morgan fingerprint density at radius 2 is 1.88 bits per heavy atom. The summed E-state index contributed by atoms with van der Waals surface area (Å²) >= 11 is 1.46. The Kier molecular flexibility index (Phi) is 6.58. The third kappa shape index (κ3) is 5.32. The molecule has 0 bridgehead atoms. The highest BCUT2D eigenvalue weighted by Crippen LogP contribution is 2.30. The maximum Gasteiger partial charge on any atom is 0.269 e. The van der Waals surface area contributed by atoms with E-state index in [1.54, 1.807) is 12.1 Å². The van der Waals surface area contributed by atoms with Crippen LogP contribution in [0.5, 0.6) is 0 Å². The molecule has 25 heavy (non-hydrogen) atoms. The van der Waals surface area contributed by atoms with E-state index < -0.39 is 4.92 Å². The number of carbonyl (C=O) groups is 1. The number of para-hydroxylation sites is 1. The number of nitro benzene ring substituents is 1. The zero-order valence-electron chi connectivity index (χ0n) is 14.6. The van der Waals surface area contributed by atoms with Gasteiger partial charge in [0.15, 0.2) is 0 Å². The largest absolute Gasteiger partial charge is 0.325 e. The highest BCUT2D eigenvalue weighted by atomic mass is 32.2. The number of nitro groups is 1. The van der Waals surface area contributed by atoms with Crippen molar-refractivity contribution in [3.8, 4) is 0 Å². The number of carbonyl (C=O) groups excluding carboxylic acids is 1. The predicted molar refractivity (Wildman–Crippen MR) is 103 cm³/mol. The van der Waals surface area contributed by atoms with Crippen molar-refractivity contribution in [2.45, 2.75) is 31.9 Å². The van der Waals surface area contributed by atoms with Gasteiger partial charge in [-0.3, -0.25) is 14.9 Å². The Morgan fingerprint density at radius 3 is 2.56 bits per heavy atom. The normalized spacial score (nSPS) is 12.0. The van der Waals surface area contributed by atoms with Gasteiger partial charge in [-0.25, -0.2) is 0 Å². The van der Waals surface area contributed by atoms with Crippen molar-refractivity contribution < 1.29 is 9.72 Å². The quantitative estimate of drug-likeness (QED) is 0.549. The first-order chi connectivity index (χ1) is 11.9. The zero-order valence-corrected chi connectivity index (χ0v) is 15.4. The van der Waals surface area contributed by atoms with Crippen LogP contribution in [-0.4, -0.2) is 16.6 Å². The van der Waals surface area contributed by atoms with Gasteiger partial charge < -0.3 is 5.32 Å². The molecule has 0 saturated heterocycles. The number of amides is 1. The van der Waals surface area contributed by atoms with Crippen LogP contribution in [0.25, 0.3) is 0 Å². The molecular weight excluding hydrogens is 336 g/mol. The Bertz CT molecular complexity index is 762. The smallest absolute Gasteiger partial charge is 0.269 e. The molecule has 0 aliphatic rings. The second kappa shape index (κ2) is 8.67. The summed E-state index contributed by atoms with van der Waals surface area (Å²) in [6, 6.07) is 14.3. The molecule has 0 aliphatic heterocycles. The van der Waals surface area contributed by atoms with Gasteiger partial charge in [0.1, 0.15) is 0 Å². The second-order valence-electron chi connectivity index (χ2n) is 6.10. The van der Waals surface area contributed by atoms with Crippen LogP contribution in [0.3, 0.4) is 0 Å². The van der Waals surface area contributed by atoms with E-state index in [9.17, 15) is 14.9 Å². The summed E-state index contributed by atoms with van der Waals surface area (Å²) in [4.78, 5) is 22.7. The Hall–Kier alpha value is -2.34. The standard InChI is InChI=1S/C19H22N2O3S/c1-13(2)17-9-4-5-10-18(17)20-19(22)12-25-14(3)15-7-6-8-16(11-15)21(23)24/h4-11,13-14H,12H2,1-3H3,(H,20,22)/t14-/m0/s1. The first-order valence-corrected chi connectivity index (χ1v) is 9.18. The molecule has 1 amide bonds. The molecule has 0 aromatic heterocycles. The van der Waals surface area contributed by atoms with E-state index >= 15 is 0 Å². The van der Waals surface area contributed by atoms with Crippen molar-refractivity contribution in [2.75, 3.05) is 11.1 Å². The third-order valence-electron chi connectivity index (χ3n) is 3.87. The number of non-ortho nitro benzene ring substituents is 1. The number of nitrogens with one attached hydrogen (secondary N) is 1. The van der Waals surface area contributed by atoms with Gasteiger partial charge in [0.2, 0.25) is 5.91 Å². The summed E-state index contributed by atoms with van der Waals surface area (Å²) in [5.74, 6) is 0.541. The average Bonchev–Trinajstić information content (AvgIpc) is 2.60. The van der Waals surface area contributed by atoms with Gasteiger partial charge in [-0.2, -0.15) is 0 Å². The number of anilines is 1. The summed E-state index contributed by atoms with van der Waals surface area (Å²) in [5.41, 5.74) is 2.86. The fraction of sp³-hybridized carbons (Fsp3) is 0.316. The van der Waals surface area contributed by atoms with Crippen molar-refractivity contribution in [2.24, 2.45) is 0 Å². The molecule has 0 unspecified atom stereocenters. The van der Waals surface area contributed by atoms with E-state index in [0.717, 1.165) is 16.8 Å². The maximum atomic E-state index is 12.3. The second-order valence-corrected chi connectivity index (χ2v) is 7.42. The van der Waals surface area contributed by atoms with Gasteiger partial charge >= 0.3 is 0 Å². The number of hydrogen-bond acceptors (Lipinski definition) is 4. The molecule has 2 aromatic rings. The highest BCUT2D eigenvalue weighted by molar-refractivity contribution is 8.00. The van der Waals surface area contributed by atoms with Crippen LogP contribution in [0, 0.1) is 10.1 Å². The van der Waals surface area contributed by atoms with Gasteiger partial charge in [0, 0.05) is 23.1 Å². The van der Waals surface area contributed by atoms with Gasteiger partial charge in [-0.05, 0) is 30.0 Å². The van der Waals surface area contributed by atoms with Crippen LogP contribution in [0.15, 0.2) is 48.5 Å². The minimum atomic E-state index is -0.406. The van der Waals surface area contributed by atoms with Crippen molar-refractivity contribution in [1.29, 1.82) is 0 Å². The molecular formula is C19H22N2O3S. The molecule has 0 heterocycles. The van der Waals surface area contributed by atoms with Crippen LogP contribution in [0.1, 0.15) is 43.1 Å². The Labute approximate surface area is 152 Å². The van der Waals surface area contributed by atoms with Crippen molar-refractivity contribution in [3.63, 3.8) is 0 Å². The fourth-order valence-electron chi connectivity index (χ4n) is 2.49. The van der Waals surface area contributed by atoms with Crippen molar-refractivity contribution in [1.82, 2.24) is 0 Å². The monoisotopic (exact) mass is 358 g/mol. The molecule has 6 heteroatoms. The minimum absolute atomic E-state index is 0.00834. The summed E-state index contributed by atoms with van der Waals surface area (Å²) < 4.78 is 0. The van der Waals surface area contributed by atoms with Crippen molar-refractivity contribution in [3.05, 3.63) is 69.8 Å². The molecule has 0 radical (unpaired) electrons. The molecule has 2 rings (SSSR count). The molecule has 2 aromatic carbocycles. The van der Waals surface area contributed by atoms with E-state index in [1.165, 1.54) is 17.8 Å². The molecule has 0 aliphatic carbocycles. The van der Waals surface area contributed by atoms with Gasteiger partial charge in [0.25, 0.3) is 5.69 Å². The Balaban J connectivity index is 1.96. The number of benzene rings is 2. The first kappa shape index (κ1) is 19.0. The Morgan fingerprint density at radius 1 is 1.16 bits per heavy atom. The highest BCUT2D eigenvalue weighted by Gasteiger charge is 2.14. The van der Waals surface area contributed by atoms with E-state index in [-0.39, 0.29) is 22.6 Å². The van der Waals surface area contributed by atoms with E-state index in [4.69, 9.17) is 0 Å². The van der Waals surface area contributed by atoms with Crippen LogP contribution in [-0.2, 0) is 4.79 Å². The summed E-state index contributed by atoms with van der Waals surface area (Å²) in [6.45, 7) is 6.12. The maximum absolute atomic E-state index is 12.3. The molecule has 0 spiro atoms. The van der Waals surface area contributed by atoms with Gasteiger partial charge in [-0.15, -0.1) is 11.8 Å². The van der Waals surface area contributed by atoms with E-state index in [2.05, 4.69) is 19.2 Å². The van der Waals surface area contributed by atoms with Crippen LogP contribution < -0.4 is 5.32 Å². The summed E-state index contributed by atoms with van der Waals surface area (Å²) in [7, 11) is 0. The molecule has 132 valence electrons. The summed E-state index contributed by atoms with van der Waals surface area (Å²) in [5, 5.41) is 13.8. The lowest BCUT2D eigenvalue weighted by Crippen LogP contribution is -2.16. The first-order valence-electron chi connectivity index (χ1n) is 8.13. The topological polar surface area (TPSA) is 72.2 Å². The van der Waals surface area contributed by atoms with Crippen LogP contribution >= 0.6 is 11.8 Å². The number of hydrogen-bond donors (Lipinski definition) is 1. The fourth-order valence-corrected chi connectivity index (χ4v) is 3.30. The number of rotatable bonds is 7. The van der Waals surface area contributed by atoms with E-state index in [0.29, 0.717) is 5.92 Å². The molecule has 1 atom stereocenters. The number of nitrogens with zero attached hydrogens (tertiary/aromatic N) is 1. The minimum Gasteiger partial charge on any atom is -0.325 e. The molecule has 0 saturated carbocycles. The SMILES string of the molecule is CC(C)c1ccccc1NC(=O)CS[C@@H](C)c1cccc([N+](=O)[O-])c1. The lowest BCUT2D eigenvalue weighted by molar-refractivity contribution is -0.384. The predicted octanol–water partition coefficient (Wildman–Crippen LogP) is 5.15. The van der Waals surface area contributed by atoms with Crippen molar-refractivity contribution >= 4 is 29.0 Å².